The normalized spacial score (nSPS) is 19.8. The molecule has 278 valence electrons. The van der Waals surface area contributed by atoms with Gasteiger partial charge in [-0.2, -0.15) is 0 Å². The van der Waals surface area contributed by atoms with Gasteiger partial charge in [-0.15, -0.1) is 0 Å². The topological polar surface area (TPSA) is 102 Å². The first-order chi connectivity index (χ1) is 25.3. The van der Waals surface area contributed by atoms with E-state index >= 15 is 0 Å². The summed E-state index contributed by atoms with van der Waals surface area (Å²) in [7, 11) is 0. The highest BCUT2D eigenvalue weighted by Gasteiger charge is 2.41. The molecule has 0 saturated carbocycles. The van der Waals surface area contributed by atoms with Crippen molar-refractivity contribution in [2.24, 2.45) is 11.8 Å². The minimum atomic E-state index is -0.217. The van der Waals surface area contributed by atoms with Crippen LogP contribution in [0.4, 0.5) is 17.1 Å². The maximum absolute atomic E-state index is 14.7. The van der Waals surface area contributed by atoms with Gasteiger partial charge >= 0.3 is 0 Å². The average Bonchev–Trinajstić information content (AvgIpc) is 3.15. The van der Waals surface area contributed by atoms with Crippen LogP contribution in [-0.4, -0.2) is 48.9 Å². The summed E-state index contributed by atoms with van der Waals surface area (Å²) in [5, 5.41) is 20.7. The number of benzene rings is 2. The van der Waals surface area contributed by atoms with Crippen LogP contribution in [0.2, 0.25) is 0 Å². The summed E-state index contributed by atoms with van der Waals surface area (Å²) in [5.41, 5.74) is 8.41. The summed E-state index contributed by atoms with van der Waals surface area (Å²) in [6.07, 6.45) is 14.7. The lowest BCUT2D eigenvalue weighted by atomic mass is 9.77. The van der Waals surface area contributed by atoms with Gasteiger partial charge in [0.2, 0.25) is 23.0 Å². The number of allylic oxidation sites excluding steroid dienone is 2. The summed E-state index contributed by atoms with van der Waals surface area (Å²) >= 11 is 0. The Bertz CT molecular complexity index is 1940. The van der Waals surface area contributed by atoms with Crippen LogP contribution in [0.1, 0.15) is 133 Å². The summed E-state index contributed by atoms with van der Waals surface area (Å²) < 4.78 is 2.45. The van der Waals surface area contributed by atoms with Crippen molar-refractivity contribution in [2.75, 3.05) is 41.7 Å². The molecule has 0 fully saturated rings. The van der Waals surface area contributed by atoms with Crippen LogP contribution in [0.25, 0.3) is 11.1 Å². The molecule has 0 radical (unpaired) electrons. The number of amides is 2. The quantitative estimate of drug-likeness (QED) is 0.199. The number of carbonyl (C=O) groups excluding carboxylic acids is 3. The SMILES string of the molecule is CCCCC(CC)C(=O)Nc1c(C2=C(O)/C(=c3/cc4c5c(c3NC(=O)C(CC)CCCC)CCC[N+]=5CCC4)C2=O)cc2c3c1CCCN3CCC2. The Kier molecular flexibility index (Phi) is 10.9. The van der Waals surface area contributed by atoms with Gasteiger partial charge in [0.05, 0.1) is 22.5 Å². The van der Waals surface area contributed by atoms with E-state index in [1.807, 2.05) is 0 Å². The smallest absolute Gasteiger partial charge is 0.227 e. The number of ketones is 1. The third kappa shape index (κ3) is 6.49. The van der Waals surface area contributed by atoms with E-state index in [4.69, 9.17) is 0 Å². The highest BCUT2D eigenvalue weighted by Crippen LogP contribution is 2.47. The molecule has 1 aliphatic carbocycles. The number of anilines is 3. The first kappa shape index (κ1) is 36.4. The van der Waals surface area contributed by atoms with Gasteiger partial charge in [0.25, 0.3) is 0 Å². The van der Waals surface area contributed by atoms with E-state index in [1.54, 1.807) is 0 Å². The van der Waals surface area contributed by atoms with Crippen LogP contribution in [0.5, 0.6) is 0 Å². The van der Waals surface area contributed by atoms with Crippen molar-refractivity contribution in [1.29, 1.82) is 0 Å². The van der Waals surface area contributed by atoms with Crippen LogP contribution in [0, 0.1) is 11.8 Å². The zero-order valence-electron chi connectivity index (χ0n) is 32.0. The van der Waals surface area contributed by atoms with E-state index in [-0.39, 0.29) is 46.3 Å². The predicted octanol–water partition coefficient (Wildman–Crippen LogP) is 6.78. The molecule has 2 unspecified atom stereocenters. The van der Waals surface area contributed by atoms with Gasteiger partial charge < -0.3 is 20.6 Å². The largest absolute Gasteiger partial charge is 0.506 e. The average molecular weight is 708 g/mol. The predicted molar refractivity (Wildman–Crippen MR) is 210 cm³/mol. The number of unbranched alkanes of at least 4 members (excludes halogenated alkanes) is 2. The number of hydrogen-bond acceptors (Lipinski definition) is 5. The van der Waals surface area contributed by atoms with Crippen molar-refractivity contribution in [1.82, 2.24) is 4.58 Å². The molecule has 5 aliphatic rings. The fourth-order valence-electron chi connectivity index (χ4n) is 9.69. The van der Waals surface area contributed by atoms with Crippen LogP contribution < -0.4 is 30.7 Å². The molecule has 4 heterocycles. The molecule has 2 aromatic carbocycles. The van der Waals surface area contributed by atoms with Crippen molar-refractivity contribution in [3.63, 3.8) is 0 Å². The number of aliphatic hydroxyl groups is 1. The van der Waals surface area contributed by atoms with E-state index in [9.17, 15) is 19.5 Å². The number of Topliss-reactive ketones (excluding diaryl/α,β-unsaturated/α-hetero) is 1. The number of carbonyl (C=O) groups is 3. The number of aryl methyl sites for hydroxylation is 2. The number of aliphatic hydroxyl groups excluding tert-OH is 1. The Hall–Kier alpha value is -3.94. The molecule has 2 atom stereocenters. The second-order valence-corrected chi connectivity index (χ2v) is 15.9. The molecule has 0 aromatic heterocycles. The van der Waals surface area contributed by atoms with Gasteiger partial charge in [0.1, 0.15) is 18.8 Å². The summed E-state index contributed by atoms with van der Waals surface area (Å²) in [4.78, 5) is 45.0. The third-order valence-corrected chi connectivity index (χ3v) is 12.6. The Labute approximate surface area is 309 Å². The monoisotopic (exact) mass is 707 g/mol. The number of nitrogens with zero attached hydrogens (tertiary/aromatic N) is 2. The molecule has 2 aromatic rings. The van der Waals surface area contributed by atoms with Crippen molar-refractivity contribution in [3.8, 4) is 0 Å². The lowest BCUT2D eigenvalue weighted by molar-refractivity contribution is -0.121. The van der Waals surface area contributed by atoms with Gasteiger partial charge in [0.15, 0.2) is 0 Å². The zero-order chi connectivity index (χ0) is 36.5. The maximum Gasteiger partial charge on any atom is 0.227 e. The summed E-state index contributed by atoms with van der Waals surface area (Å²) in [6, 6.07) is 4.16. The second kappa shape index (κ2) is 15.6. The van der Waals surface area contributed by atoms with Gasteiger partial charge in [0, 0.05) is 65.4 Å². The van der Waals surface area contributed by atoms with E-state index in [1.165, 1.54) is 22.2 Å². The molecule has 8 nitrogen and oxygen atoms in total. The molecule has 7 rings (SSSR count). The molecular formula is C44H59N4O4+. The van der Waals surface area contributed by atoms with Crippen LogP contribution >= 0.6 is 0 Å². The molecule has 4 aliphatic heterocycles. The Morgan fingerprint density at radius 1 is 0.769 bits per heavy atom. The van der Waals surface area contributed by atoms with E-state index < -0.39 is 0 Å². The molecule has 52 heavy (non-hydrogen) atoms. The van der Waals surface area contributed by atoms with Gasteiger partial charge in [-0.25, -0.2) is 4.58 Å². The van der Waals surface area contributed by atoms with Crippen LogP contribution in [0.15, 0.2) is 17.9 Å². The molecule has 8 heteroatoms. The Morgan fingerprint density at radius 3 is 2.00 bits per heavy atom. The van der Waals surface area contributed by atoms with Crippen LogP contribution in [-0.2, 0) is 40.1 Å². The number of rotatable bonds is 13. The Balaban J connectivity index is 1.41. The van der Waals surface area contributed by atoms with E-state index in [2.05, 4.69) is 59.9 Å². The lowest BCUT2D eigenvalue weighted by Gasteiger charge is -2.39. The Morgan fingerprint density at radius 2 is 1.37 bits per heavy atom. The van der Waals surface area contributed by atoms with Crippen molar-refractivity contribution in [3.05, 3.63) is 56.3 Å². The van der Waals surface area contributed by atoms with Crippen molar-refractivity contribution in [2.45, 2.75) is 130 Å². The minimum absolute atomic E-state index is 0.00529. The fourth-order valence-corrected chi connectivity index (χ4v) is 9.69. The first-order valence-electron chi connectivity index (χ1n) is 20.7. The number of hydrogen-bond donors (Lipinski definition) is 3. The molecule has 0 spiro atoms. The minimum Gasteiger partial charge on any atom is -0.506 e. The lowest BCUT2D eigenvalue weighted by Crippen LogP contribution is -2.46. The second-order valence-electron chi connectivity index (χ2n) is 15.9. The standard InChI is InChI=1S/C44H58N4O4/c1-5-9-15-27(7-3)43(51)45-37-31-19-13-23-47-21-11-17-29(39(31)47)25-33(37)35-41(49)36(42(35)50)34-26-30-18-12-22-48-24-14-20-32(40(30)48)38(34)46-44(52)28(8-4)16-10-6-2/h25-28H,5-24H2,1-4H3,(H2,45,46,49,50,51,52)/p+1. The molecular weight excluding hydrogens is 649 g/mol. The van der Waals surface area contributed by atoms with Crippen molar-refractivity contribution >= 4 is 45.8 Å². The fraction of sp³-hybridized carbons (Fsp3) is 0.591. The molecule has 0 bridgehead atoms. The highest BCUT2D eigenvalue weighted by molar-refractivity contribution is 6.52. The summed E-state index contributed by atoms with van der Waals surface area (Å²) in [5.74, 6) is -0.479. The van der Waals surface area contributed by atoms with E-state index in [0.29, 0.717) is 22.2 Å². The summed E-state index contributed by atoms with van der Waals surface area (Å²) in [6.45, 7) is 12.4. The van der Waals surface area contributed by atoms with E-state index in [0.717, 1.165) is 140 Å². The van der Waals surface area contributed by atoms with Gasteiger partial charge in [-0.05, 0) is 87.5 Å². The highest BCUT2D eigenvalue weighted by atomic mass is 16.3. The molecule has 2 amide bonds. The molecule has 0 saturated heterocycles. The zero-order valence-corrected chi connectivity index (χ0v) is 32.0. The van der Waals surface area contributed by atoms with Crippen LogP contribution in [0.3, 0.4) is 0 Å². The molecule has 3 N–H and O–H groups in total. The number of nitrogens with one attached hydrogen (secondary N) is 2. The van der Waals surface area contributed by atoms with Gasteiger partial charge in [-0.1, -0.05) is 53.4 Å². The third-order valence-electron chi connectivity index (χ3n) is 12.6. The first-order valence-corrected chi connectivity index (χ1v) is 20.7. The maximum atomic E-state index is 14.7. The van der Waals surface area contributed by atoms with Gasteiger partial charge in [-0.3, -0.25) is 14.4 Å². The van der Waals surface area contributed by atoms with Crippen molar-refractivity contribution < 1.29 is 19.5 Å².